The van der Waals surface area contributed by atoms with Crippen molar-refractivity contribution in [1.29, 1.82) is 0 Å². The molecule has 0 amide bonds. The number of H-pyrrole nitrogens is 1. The Morgan fingerprint density at radius 1 is 1.06 bits per heavy atom. The van der Waals surface area contributed by atoms with Crippen LogP contribution in [0.25, 0.3) is 33.5 Å². The summed E-state index contributed by atoms with van der Waals surface area (Å²) in [5.41, 5.74) is 5.37. The number of hydrogen-bond donors (Lipinski definition) is 1. The average Bonchev–Trinajstić information content (AvgIpc) is 3.49. The predicted octanol–water partition coefficient (Wildman–Crippen LogP) is 6.43. The molecule has 164 valence electrons. The zero-order valence-electron chi connectivity index (χ0n) is 17.8. The molecule has 0 saturated carbocycles. The maximum atomic E-state index is 12.0. The molecule has 0 atom stereocenters. The number of carbonyl (C=O) groups is 1. The van der Waals surface area contributed by atoms with Gasteiger partial charge in [-0.25, -0.2) is 9.78 Å². The molecule has 2 aromatic heterocycles. The lowest BCUT2D eigenvalue weighted by molar-refractivity contribution is 0.0599. The van der Waals surface area contributed by atoms with Gasteiger partial charge in [-0.1, -0.05) is 41.9 Å². The van der Waals surface area contributed by atoms with E-state index >= 15 is 0 Å². The number of nitrogens with one attached hydrogen (secondary N) is 1. The number of fused-ring (bicyclic) bond motifs is 1. The van der Waals surface area contributed by atoms with Gasteiger partial charge in [0.15, 0.2) is 12.2 Å². The number of oxazole rings is 1. The van der Waals surface area contributed by atoms with E-state index in [9.17, 15) is 4.79 Å². The topological polar surface area (TPSA) is 90.2 Å². The Kier molecular flexibility index (Phi) is 5.32. The van der Waals surface area contributed by atoms with Gasteiger partial charge in [-0.15, -0.1) is 0 Å². The molecule has 0 spiro atoms. The normalized spacial score (nSPS) is 11.0. The van der Waals surface area contributed by atoms with Crippen molar-refractivity contribution in [2.75, 3.05) is 7.11 Å². The first-order valence-electron chi connectivity index (χ1n) is 10.1. The molecular weight excluding hydrogens is 442 g/mol. The van der Waals surface area contributed by atoms with Gasteiger partial charge in [0.2, 0.25) is 0 Å². The molecule has 1 N–H and O–H groups in total. The number of aryl methyl sites for hydroxylation is 1. The number of rotatable bonds is 5. The Labute approximate surface area is 194 Å². The van der Waals surface area contributed by atoms with Gasteiger partial charge in [-0.2, -0.15) is 4.98 Å². The number of nitrogens with zero attached hydrogens (tertiary/aromatic N) is 2. The van der Waals surface area contributed by atoms with Crippen LogP contribution in [0.3, 0.4) is 0 Å². The minimum Gasteiger partial charge on any atom is -0.465 e. The summed E-state index contributed by atoms with van der Waals surface area (Å²) in [6, 6.07) is 17.0. The molecular formula is C25H18ClN3O4. The van der Waals surface area contributed by atoms with Gasteiger partial charge in [0, 0.05) is 11.1 Å². The molecule has 0 aliphatic heterocycles. The van der Waals surface area contributed by atoms with Gasteiger partial charge in [0.25, 0.3) is 6.01 Å². The Morgan fingerprint density at radius 2 is 1.85 bits per heavy atom. The summed E-state index contributed by atoms with van der Waals surface area (Å²) in [7, 11) is 1.34. The van der Waals surface area contributed by atoms with E-state index in [4.69, 9.17) is 25.5 Å². The van der Waals surface area contributed by atoms with E-state index < -0.39 is 5.97 Å². The summed E-state index contributed by atoms with van der Waals surface area (Å²) in [5.74, 6) is 0.742. The molecule has 0 fully saturated rings. The summed E-state index contributed by atoms with van der Waals surface area (Å²) >= 11 is 6.57. The van der Waals surface area contributed by atoms with E-state index in [0.29, 0.717) is 33.6 Å². The summed E-state index contributed by atoms with van der Waals surface area (Å²) in [6.45, 7) is 1.83. The molecule has 8 heteroatoms. The lowest BCUT2D eigenvalue weighted by atomic mass is 10.0. The van der Waals surface area contributed by atoms with E-state index in [2.05, 4.69) is 15.0 Å². The number of imidazole rings is 1. The monoisotopic (exact) mass is 459 g/mol. The number of methoxy groups -OCH3 is 1. The van der Waals surface area contributed by atoms with Gasteiger partial charge < -0.3 is 18.9 Å². The Hall–Kier alpha value is -4.10. The first-order valence-corrected chi connectivity index (χ1v) is 10.4. The molecule has 5 rings (SSSR count). The third kappa shape index (κ3) is 4.06. The lowest BCUT2D eigenvalue weighted by Gasteiger charge is -2.07. The highest BCUT2D eigenvalue weighted by Gasteiger charge is 2.14. The zero-order chi connectivity index (χ0) is 22.9. The highest BCUT2D eigenvalue weighted by atomic mass is 35.5. The Balaban J connectivity index is 1.44. The second-order valence-electron chi connectivity index (χ2n) is 7.40. The van der Waals surface area contributed by atoms with Crippen LogP contribution >= 0.6 is 11.6 Å². The maximum Gasteiger partial charge on any atom is 0.338 e. The lowest BCUT2D eigenvalue weighted by Crippen LogP contribution is -2.04. The fourth-order valence-electron chi connectivity index (χ4n) is 3.56. The van der Waals surface area contributed by atoms with Crippen molar-refractivity contribution < 1.29 is 18.7 Å². The van der Waals surface area contributed by atoms with E-state index in [1.807, 2.05) is 43.3 Å². The SMILES string of the molecule is COC(=O)c1cc(Oc2nc3cc(-c4ccc(-c5cnco5)cc4)c(Cl)cc3[nH]2)ccc1C. The number of halogens is 1. The smallest absolute Gasteiger partial charge is 0.338 e. The van der Waals surface area contributed by atoms with Crippen molar-refractivity contribution in [3.63, 3.8) is 0 Å². The first kappa shape index (κ1) is 20.8. The van der Waals surface area contributed by atoms with Gasteiger partial charge in [-0.05, 0) is 42.3 Å². The third-order valence-corrected chi connectivity index (χ3v) is 5.60. The minimum atomic E-state index is -0.423. The fourth-order valence-corrected chi connectivity index (χ4v) is 3.83. The number of aromatic nitrogens is 3. The van der Waals surface area contributed by atoms with Crippen LogP contribution in [0.4, 0.5) is 0 Å². The van der Waals surface area contributed by atoms with Crippen molar-refractivity contribution in [3.05, 3.63) is 83.3 Å². The van der Waals surface area contributed by atoms with Crippen LogP contribution in [-0.4, -0.2) is 28.0 Å². The highest BCUT2D eigenvalue weighted by Crippen LogP contribution is 2.34. The van der Waals surface area contributed by atoms with Crippen LogP contribution in [-0.2, 0) is 4.74 Å². The summed E-state index contributed by atoms with van der Waals surface area (Å²) in [4.78, 5) is 23.6. The third-order valence-electron chi connectivity index (χ3n) is 5.29. The molecule has 5 aromatic rings. The number of benzene rings is 3. The van der Waals surface area contributed by atoms with Crippen molar-refractivity contribution in [1.82, 2.24) is 15.0 Å². The minimum absolute atomic E-state index is 0.290. The highest BCUT2D eigenvalue weighted by molar-refractivity contribution is 6.34. The molecule has 0 aliphatic carbocycles. The number of aromatic amines is 1. The van der Waals surface area contributed by atoms with Crippen molar-refractivity contribution in [3.8, 4) is 34.2 Å². The van der Waals surface area contributed by atoms with E-state index in [1.165, 1.54) is 13.5 Å². The van der Waals surface area contributed by atoms with Crippen LogP contribution in [0, 0.1) is 6.92 Å². The molecule has 0 saturated heterocycles. The van der Waals surface area contributed by atoms with Crippen LogP contribution < -0.4 is 4.74 Å². The number of esters is 1. The zero-order valence-corrected chi connectivity index (χ0v) is 18.5. The first-order chi connectivity index (χ1) is 16.0. The molecule has 0 bridgehead atoms. The Morgan fingerprint density at radius 3 is 2.58 bits per heavy atom. The summed E-state index contributed by atoms with van der Waals surface area (Å²) in [6.07, 6.45) is 3.07. The van der Waals surface area contributed by atoms with E-state index in [-0.39, 0.29) is 0 Å². The molecule has 0 radical (unpaired) electrons. The second kappa shape index (κ2) is 8.44. The quantitative estimate of drug-likeness (QED) is 0.305. The van der Waals surface area contributed by atoms with Crippen LogP contribution in [0.2, 0.25) is 5.02 Å². The second-order valence-corrected chi connectivity index (χ2v) is 7.81. The van der Waals surface area contributed by atoms with Gasteiger partial charge >= 0.3 is 5.97 Å². The van der Waals surface area contributed by atoms with Gasteiger partial charge in [0.1, 0.15) is 5.75 Å². The number of hydrogen-bond acceptors (Lipinski definition) is 6. The standard InChI is InChI=1S/C25H18ClN3O4/c1-14-3-8-17(9-18(14)24(30)31-2)33-25-28-21-10-19(20(26)11-22(21)29-25)15-4-6-16(7-5-15)23-12-27-13-32-23/h3-13H,1-2H3,(H,28,29). The van der Waals surface area contributed by atoms with Gasteiger partial charge in [-0.3, -0.25) is 0 Å². The van der Waals surface area contributed by atoms with E-state index in [0.717, 1.165) is 27.8 Å². The van der Waals surface area contributed by atoms with Crippen LogP contribution in [0.5, 0.6) is 11.8 Å². The average molecular weight is 460 g/mol. The Bertz CT molecular complexity index is 1460. The molecule has 3 aromatic carbocycles. The maximum absolute atomic E-state index is 12.0. The fraction of sp³-hybridized carbons (Fsp3) is 0.0800. The summed E-state index contributed by atoms with van der Waals surface area (Å²) < 4.78 is 16.0. The van der Waals surface area contributed by atoms with E-state index in [1.54, 1.807) is 24.4 Å². The molecule has 33 heavy (non-hydrogen) atoms. The number of carbonyl (C=O) groups excluding carboxylic acids is 1. The molecule has 0 aliphatic rings. The summed E-state index contributed by atoms with van der Waals surface area (Å²) in [5, 5.41) is 0.577. The number of ether oxygens (including phenoxy) is 2. The van der Waals surface area contributed by atoms with Crippen molar-refractivity contribution >= 4 is 28.6 Å². The molecule has 0 unspecified atom stereocenters. The van der Waals surface area contributed by atoms with Crippen molar-refractivity contribution in [2.24, 2.45) is 0 Å². The largest absolute Gasteiger partial charge is 0.465 e. The van der Waals surface area contributed by atoms with Crippen LogP contribution in [0.15, 0.2) is 71.6 Å². The predicted molar refractivity (Wildman–Crippen MR) is 125 cm³/mol. The van der Waals surface area contributed by atoms with Crippen molar-refractivity contribution in [2.45, 2.75) is 6.92 Å². The van der Waals surface area contributed by atoms with Crippen LogP contribution in [0.1, 0.15) is 15.9 Å². The van der Waals surface area contributed by atoms with Gasteiger partial charge in [0.05, 0.1) is 34.9 Å². The molecule has 2 heterocycles. The molecule has 7 nitrogen and oxygen atoms in total.